The van der Waals surface area contributed by atoms with E-state index < -0.39 is 24.4 Å². The van der Waals surface area contributed by atoms with Gasteiger partial charge in [-0.05, 0) is 62.5 Å². The largest absolute Gasteiger partial charge is 0.492 e. The first-order valence-electron chi connectivity index (χ1n) is 10.1. The van der Waals surface area contributed by atoms with Crippen LogP contribution in [0.15, 0.2) is 58.5 Å². The van der Waals surface area contributed by atoms with Crippen LogP contribution in [0.2, 0.25) is 0 Å². The van der Waals surface area contributed by atoms with Gasteiger partial charge in [0.25, 0.3) is 0 Å². The summed E-state index contributed by atoms with van der Waals surface area (Å²) in [6, 6.07) is 15.1. The van der Waals surface area contributed by atoms with Crippen molar-refractivity contribution in [2.75, 3.05) is 12.3 Å². The molecule has 1 saturated heterocycles. The number of rotatable bonds is 6. The van der Waals surface area contributed by atoms with E-state index in [1.54, 1.807) is 0 Å². The van der Waals surface area contributed by atoms with Crippen LogP contribution in [0, 0.1) is 0 Å². The van der Waals surface area contributed by atoms with Crippen molar-refractivity contribution < 1.29 is 18.8 Å². The standard InChI is InChI=1S/C23H28BBrN2O4/c1-22(2)23(3,4)31-24(30-22)18(12-17-13-19(25)10-11-20(17)26)14-27-21(28)29-15-16-8-6-5-7-9-16/h5-13H,14-15,26H2,1-4H3,(H,27,28). The van der Waals surface area contributed by atoms with Crippen molar-refractivity contribution in [3.05, 3.63) is 69.6 Å². The third kappa shape index (κ3) is 5.90. The number of halogens is 1. The van der Waals surface area contributed by atoms with Gasteiger partial charge in [0.1, 0.15) is 6.61 Å². The van der Waals surface area contributed by atoms with E-state index in [1.165, 1.54) is 0 Å². The van der Waals surface area contributed by atoms with Crippen LogP contribution in [0.1, 0.15) is 38.8 Å². The number of ether oxygens (including phenoxy) is 1. The van der Waals surface area contributed by atoms with Crippen molar-refractivity contribution in [1.82, 2.24) is 5.32 Å². The Hall–Kier alpha value is -2.29. The summed E-state index contributed by atoms with van der Waals surface area (Å²) in [4.78, 5) is 12.3. The van der Waals surface area contributed by atoms with Gasteiger partial charge in [0.05, 0.1) is 11.2 Å². The lowest BCUT2D eigenvalue weighted by atomic mass is 9.77. The molecule has 1 heterocycles. The molecule has 0 aromatic heterocycles. The van der Waals surface area contributed by atoms with Crippen molar-refractivity contribution in [3.8, 4) is 0 Å². The number of benzene rings is 2. The predicted molar refractivity (Wildman–Crippen MR) is 127 cm³/mol. The quantitative estimate of drug-likeness (QED) is 0.444. The smallest absolute Gasteiger partial charge is 0.445 e. The van der Waals surface area contributed by atoms with Gasteiger partial charge in [-0.3, -0.25) is 0 Å². The molecule has 8 heteroatoms. The fourth-order valence-corrected chi connectivity index (χ4v) is 3.39. The number of nitrogen functional groups attached to an aromatic ring is 1. The first kappa shape index (κ1) is 23.4. The lowest BCUT2D eigenvalue weighted by molar-refractivity contribution is 0.00578. The highest BCUT2D eigenvalue weighted by molar-refractivity contribution is 9.10. The average molecular weight is 487 g/mol. The highest BCUT2D eigenvalue weighted by atomic mass is 79.9. The minimum absolute atomic E-state index is 0.191. The van der Waals surface area contributed by atoms with Crippen LogP contribution in [0.25, 0.3) is 6.08 Å². The number of hydrogen-bond acceptors (Lipinski definition) is 5. The molecule has 0 aliphatic carbocycles. The number of hydrogen-bond donors (Lipinski definition) is 2. The predicted octanol–water partition coefficient (Wildman–Crippen LogP) is 4.97. The van der Waals surface area contributed by atoms with Crippen molar-refractivity contribution >= 4 is 40.9 Å². The van der Waals surface area contributed by atoms with Crippen LogP contribution in [0.3, 0.4) is 0 Å². The number of carbonyl (C=O) groups is 1. The summed E-state index contributed by atoms with van der Waals surface area (Å²) < 4.78 is 18.6. The van der Waals surface area contributed by atoms with Crippen LogP contribution in [0.4, 0.5) is 10.5 Å². The molecule has 0 atom stereocenters. The monoisotopic (exact) mass is 486 g/mol. The molecular formula is C23H28BBrN2O4. The molecule has 6 nitrogen and oxygen atoms in total. The highest BCUT2D eigenvalue weighted by Gasteiger charge is 2.52. The number of carbonyl (C=O) groups excluding carboxylic acids is 1. The summed E-state index contributed by atoms with van der Waals surface area (Å²) in [5.74, 6) is 0. The summed E-state index contributed by atoms with van der Waals surface area (Å²) >= 11 is 3.47. The molecule has 31 heavy (non-hydrogen) atoms. The minimum atomic E-state index is -0.627. The van der Waals surface area contributed by atoms with Crippen LogP contribution in [0.5, 0.6) is 0 Å². The van der Waals surface area contributed by atoms with Crippen molar-refractivity contribution in [1.29, 1.82) is 0 Å². The minimum Gasteiger partial charge on any atom is -0.445 e. The first-order chi connectivity index (χ1) is 14.6. The molecule has 3 N–H and O–H groups in total. The van der Waals surface area contributed by atoms with Gasteiger partial charge in [0, 0.05) is 16.7 Å². The van der Waals surface area contributed by atoms with E-state index in [9.17, 15) is 4.79 Å². The third-order valence-electron chi connectivity index (χ3n) is 5.60. The zero-order valence-electron chi connectivity index (χ0n) is 18.3. The second-order valence-corrected chi connectivity index (χ2v) is 9.41. The van der Waals surface area contributed by atoms with Crippen LogP contribution in [-0.4, -0.2) is 31.0 Å². The second kappa shape index (κ2) is 9.46. The average Bonchev–Trinajstić information content (AvgIpc) is 2.94. The van der Waals surface area contributed by atoms with E-state index in [0.29, 0.717) is 5.69 Å². The Kier molecular flexibility index (Phi) is 7.14. The summed E-state index contributed by atoms with van der Waals surface area (Å²) in [6.07, 6.45) is 1.37. The van der Waals surface area contributed by atoms with Crippen LogP contribution >= 0.6 is 15.9 Å². The Morgan fingerprint density at radius 2 is 1.77 bits per heavy atom. The maximum absolute atomic E-state index is 12.3. The van der Waals surface area contributed by atoms with Gasteiger partial charge < -0.3 is 25.1 Å². The van der Waals surface area contributed by atoms with Gasteiger partial charge in [-0.1, -0.05) is 52.3 Å². The molecular weight excluding hydrogens is 459 g/mol. The van der Waals surface area contributed by atoms with E-state index >= 15 is 0 Å². The molecule has 0 unspecified atom stereocenters. The maximum Gasteiger partial charge on any atom is 0.492 e. The van der Waals surface area contributed by atoms with Gasteiger partial charge in [-0.2, -0.15) is 0 Å². The Morgan fingerprint density at radius 3 is 2.42 bits per heavy atom. The fraction of sp³-hybridized carbons (Fsp3) is 0.348. The van der Waals surface area contributed by atoms with E-state index in [4.69, 9.17) is 19.8 Å². The Bertz CT molecular complexity index is 947. The summed E-state index contributed by atoms with van der Waals surface area (Å²) in [7, 11) is -0.627. The molecule has 1 fully saturated rings. The fourth-order valence-electron chi connectivity index (χ4n) is 3.02. The normalized spacial score (nSPS) is 17.5. The summed E-state index contributed by atoms with van der Waals surface area (Å²) in [5.41, 5.74) is 8.21. The topological polar surface area (TPSA) is 82.8 Å². The number of amides is 1. The maximum atomic E-state index is 12.3. The first-order valence-corrected chi connectivity index (χ1v) is 10.9. The van der Waals surface area contributed by atoms with Crippen molar-refractivity contribution in [2.45, 2.75) is 45.5 Å². The molecule has 2 aromatic rings. The highest BCUT2D eigenvalue weighted by Crippen LogP contribution is 2.39. The third-order valence-corrected chi connectivity index (χ3v) is 6.09. The molecule has 164 valence electrons. The number of nitrogens with two attached hydrogens (primary N) is 1. The van der Waals surface area contributed by atoms with E-state index in [2.05, 4.69) is 21.2 Å². The number of nitrogens with one attached hydrogen (secondary N) is 1. The molecule has 1 aliphatic heterocycles. The van der Waals surface area contributed by atoms with Gasteiger partial charge in [-0.25, -0.2) is 4.79 Å². The van der Waals surface area contributed by atoms with Crippen molar-refractivity contribution in [2.24, 2.45) is 0 Å². The van der Waals surface area contributed by atoms with Gasteiger partial charge in [0.2, 0.25) is 0 Å². The Balaban J connectivity index is 1.75. The SMILES string of the molecule is CC1(C)OB(C(=Cc2cc(Br)ccc2N)CNC(=O)OCc2ccccc2)OC1(C)C. The van der Waals surface area contributed by atoms with Gasteiger partial charge in [0.15, 0.2) is 0 Å². The van der Waals surface area contributed by atoms with Crippen molar-refractivity contribution in [3.63, 3.8) is 0 Å². The molecule has 0 saturated carbocycles. The Morgan fingerprint density at radius 1 is 1.13 bits per heavy atom. The van der Waals surface area contributed by atoms with Gasteiger partial charge in [-0.15, -0.1) is 0 Å². The summed E-state index contributed by atoms with van der Waals surface area (Å²) in [6.45, 7) is 8.33. The van der Waals surface area contributed by atoms with E-state index in [1.807, 2.05) is 82.3 Å². The molecule has 0 spiro atoms. The zero-order chi connectivity index (χ0) is 22.6. The Labute approximate surface area is 192 Å². The number of anilines is 1. The second-order valence-electron chi connectivity index (χ2n) is 8.50. The molecule has 2 aromatic carbocycles. The molecule has 1 aliphatic rings. The van der Waals surface area contributed by atoms with Crippen LogP contribution in [-0.2, 0) is 20.7 Å². The zero-order valence-corrected chi connectivity index (χ0v) is 19.9. The van der Waals surface area contributed by atoms with E-state index in [0.717, 1.165) is 21.1 Å². The molecule has 0 radical (unpaired) electrons. The molecule has 0 bridgehead atoms. The lowest BCUT2D eigenvalue weighted by Crippen LogP contribution is -2.41. The molecule has 3 rings (SSSR count). The lowest BCUT2D eigenvalue weighted by Gasteiger charge is -2.32. The number of alkyl carbamates (subject to hydrolysis) is 1. The molecule has 1 amide bonds. The summed E-state index contributed by atoms with van der Waals surface area (Å²) in [5, 5.41) is 2.80. The van der Waals surface area contributed by atoms with Gasteiger partial charge >= 0.3 is 13.2 Å². The van der Waals surface area contributed by atoms with E-state index in [-0.39, 0.29) is 13.2 Å². The van der Waals surface area contributed by atoms with Crippen LogP contribution < -0.4 is 11.1 Å².